The van der Waals surface area contributed by atoms with Crippen molar-refractivity contribution in [1.29, 1.82) is 0 Å². The third-order valence-corrected chi connectivity index (χ3v) is 5.31. The first kappa shape index (κ1) is 23.3. The first-order chi connectivity index (χ1) is 15.2. The monoisotopic (exact) mass is 452 g/mol. The highest BCUT2D eigenvalue weighted by molar-refractivity contribution is 5.96. The van der Waals surface area contributed by atoms with Gasteiger partial charge in [-0.1, -0.05) is 6.92 Å². The Morgan fingerprint density at radius 1 is 1.22 bits per heavy atom. The van der Waals surface area contributed by atoms with E-state index in [1.165, 1.54) is 32.5 Å². The summed E-state index contributed by atoms with van der Waals surface area (Å²) in [6.45, 7) is 2.46. The van der Waals surface area contributed by atoms with E-state index in [2.05, 4.69) is 15.3 Å². The lowest BCUT2D eigenvalue weighted by atomic mass is 9.93. The average Bonchev–Trinajstić information content (AvgIpc) is 2.78. The van der Waals surface area contributed by atoms with Crippen LogP contribution in [0.25, 0.3) is 0 Å². The molecule has 1 fully saturated rings. The second-order valence-corrected chi connectivity index (χ2v) is 7.43. The Balaban J connectivity index is 1.67. The summed E-state index contributed by atoms with van der Waals surface area (Å²) in [7, 11) is 2.88. The van der Waals surface area contributed by atoms with Crippen molar-refractivity contribution in [3.63, 3.8) is 0 Å². The van der Waals surface area contributed by atoms with Crippen molar-refractivity contribution in [3.05, 3.63) is 47.4 Å². The van der Waals surface area contributed by atoms with Gasteiger partial charge in [0, 0.05) is 37.6 Å². The molecule has 0 saturated carbocycles. The summed E-state index contributed by atoms with van der Waals surface area (Å²) in [6, 6.07) is 3.52. The number of amides is 2. The predicted octanol–water partition coefficient (Wildman–Crippen LogP) is 2.79. The van der Waals surface area contributed by atoms with E-state index < -0.39 is 29.4 Å². The molecule has 0 spiro atoms. The van der Waals surface area contributed by atoms with Crippen LogP contribution in [0.2, 0.25) is 0 Å². The normalized spacial score (nSPS) is 18.8. The summed E-state index contributed by atoms with van der Waals surface area (Å²) in [5.41, 5.74) is -1.43. The molecular formula is C21H23F3N4O4. The van der Waals surface area contributed by atoms with Crippen molar-refractivity contribution in [2.75, 3.05) is 27.3 Å². The SMILES string of the molecule is COc1cc(C(=O)N2CC[C@@H](NC(=O)c3cccnc3C(F)(F)F)[C@@H](C)C2)cnc1OC. The van der Waals surface area contributed by atoms with Crippen molar-refractivity contribution in [1.82, 2.24) is 20.2 Å². The molecule has 1 aliphatic rings. The summed E-state index contributed by atoms with van der Waals surface area (Å²) < 4.78 is 49.7. The Bertz CT molecular complexity index is 999. The summed E-state index contributed by atoms with van der Waals surface area (Å²) >= 11 is 0. The Labute approximate surface area is 182 Å². The molecule has 3 rings (SSSR count). The molecule has 0 radical (unpaired) electrons. The minimum absolute atomic E-state index is 0.184. The number of pyridine rings is 2. The van der Waals surface area contributed by atoms with E-state index in [1.807, 2.05) is 6.92 Å². The molecule has 2 amide bonds. The molecule has 1 aliphatic heterocycles. The van der Waals surface area contributed by atoms with Gasteiger partial charge in [0.2, 0.25) is 0 Å². The first-order valence-corrected chi connectivity index (χ1v) is 9.86. The summed E-state index contributed by atoms with van der Waals surface area (Å²) in [5.74, 6) is -0.707. The molecule has 11 heteroatoms. The van der Waals surface area contributed by atoms with Crippen LogP contribution in [-0.2, 0) is 6.18 Å². The molecule has 0 bridgehead atoms. The van der Waals surface area contributed by atoms with Crippen LogP contribution in [0.3, 0.4) is 0 Å². The van der Waals surface area contributed by atoms with Crippen molar-refractivity contribution in [2.24, 2.45) is 5.92 Å². The van der Waals surface area contributed by atoms with Crippen LogP contribution in [0.15, 0.2) is 30.6 Å². The Morgan fingerprint density at radius 3 is 2.59 bits per heavy atom. The van der Waals surface area contributed by atoms with Gasteiger partial charge in [0.25, 0.3) is 17.7 Å². The number of nitrogens with zero attached hydrogens (tertiary/aromatic N) is 3. The molecular weight excluding hydrogens is 429 g/mol. The Hall–Kier alpha value is -3.37. The molecule has 0 aliphatic carbocycles. The van der Waals surface area contributed by atoms with Gasteiger partial charge in [-0.15, -0.1) is 0 Å². The number of alkyl halides is 3. The number of carbonyl (C=O) groups excluding carboxylic acids is 2. The maximum absolute atomic E-state index is 13.2. The Kier molecular flexibility index (Phi) is 6.85. The van der Waals surface area contributed by atoms with E-state index in [9.17, 15) is 22.8 Å². The van der Waals surface area contributed by atoms with E-state index in [0.717, 1.165) is 12.3 Å². The van der Waals surface area contributed by atoms with Crippen LogP contribution >= 0.6 is 0 Å². The highest BCUT2D eigenvalue weighted by atomic mass is 19.4. The van der Waals surface area contributed by atoms with Crippen LogP contribution in [0.4, 0.5) is 13.2 Å². The maximum atomic E-state index is 13.2. The molecule has 3 heterocycles. The third-order valence-electron chi connectivity index (χ3n) is 5.31. The smallest absolute Gasteiger partial charge is 0.434 e. The van der Waals surface area contributed by atoms with Gasteiger partial charge in [-0.05, 0) is 24.5 Å². The van der Waals surface area contributed by atoms with Gasteiger partial charge in [0.15, 0.2) is 11.4 Å². The number of rotatable bonds is 5. The number of ether oxygens (including phenoxy) is 2. The standard InChI is InChI=1S/C21H23F3N4O4/c1-12-11-28(20(30)13-9-16(31-2)19(32-3)26-10-13)8-6-15(12)27-18(29)14-5-4-7-25-17(14)21(22,23)24/h4-5,7,9-10,12,15H,6,8,11H2,1-3H3,(H,27,29)/t12-,15+/m0/s1. The second kappa shape index (κ2) is 9.41. The third kappa shape index (κ3) is 4.92. The molecule has 8 nitrogen and oxygen atoms in total. The van der Waals surface area contributed by atoms with Gasteiger partial charge < -0.3 is 19.7 Å². The van der Waals surface area contributed by atoms with E-state index in [1.54, 1.807) is 4.90 Å². The van der Waals surface area contributed by atoms with Crippen molar-refractivity contribution in [2.45, 2.75) is 25.6 Å². The zero-order valence-corrected chi connectivity index (χ0v) is 17.8. The summed E-state index contributed by atoms with van der Waals surface area (Å²) in [5, 5.41) is 2.66. The average molecular weight is 452 g/mol. The number of hydrogen-bond acceptors (Lipinski definition) is 6. The number of carbonyl (C=O) groups is 2. The van der Waals surface area contributed by atoms with E-state index >= 15 is 0 Å². The van der Waals surface area contributed by atoms with Gasteiger partial charge in [-0.25, -0.2) is 4.98 Å². The van der Waals surface area contributed by atoms with Crippen LogP contribution < -0.4 is 14.8 Å². The summed E-state index contributed by atoms with van der Waals surface area (Å²) in [4.78, 5) is 34.4. The van der Waals surface area contributed by atoms with Gasteiger partial charge >= 0.3 is 6.18 Å². The quantitative estimate of drug-likeness (QED) is 0.750. The number of nitrogens with one attached hydrogen (secondary N) is 1. The van der Waals surface area contributed by atoms with E-state index in [0.29, 0.717) is 30.8 Å². The largest absolute Gasteiger partial charge is 0.491 e. The van der Waals surface area contributed by atoms with Crippen molar-refractivity contribution >= 4 is 11.8 Å². The minimum atomic E-state index is -4.73. The number of likely N-dealkylation sites (tertiary alicyclic amines) is 1. The van der Waals surface area contributed by atoms with Gasteiger partial charge in [-0.2, -0.15) is 13.2 Å². The molecule has 172 valence electrons. The van der Waals surface area contributed by atoms with Gasteiger partial charge in [0.05, 0.1) is 25.3 Å². The molecule has 1 N–H and O–H groups in total. The van der Waals surface area contributed by atoms with Gasteiger partial charge in [-0.3, -0.25) is 14.6 Å². The second-order valence-electron chi connectivity index (χ2n) is 7.43. The lowest BCUT2D eigenvalue weighted by Gasteiger charge is -2.37. The van der Waals surface area contributed by atoms with Crippen molar-refractivity contribution < 1.29 is 32.2 Å². The Morgan fingerprint density at radius 2 is 1.97 bits per heavy atom. The molecule has 2 aromatic rings. The fourth-order valence-corrected chi connectivity index (χ4v) is 3.64. The van der Waals surface area contributed by atoms with Crippen LogP contribution in [-0.4, -0.2) is 60.0 Å². The van der Waals surface area contributed by atoms with Crippen molar-refractivity contribution in [3.8, 4) is 11.6 Å². The topological polar surface area (TPSA) is 93.7 Å². The zero-order valence-electron chi connectivity index (χ0n) is 17.8. The van der Waals surface area contributed by atoms with Crippen LogP contribution in [0, 0.1) is 5.92 Å². The predicted molar refractivity (Wildman–Crippen MR) is 108 cm³/mol. The maximum Gasteiger partial charge on any atom is 0.434 e. The highest BCUT2D eigenvalue weighted by Crippen LogP contribution is 2.30. The lowest BCUT2D eigenvalue weighted by Crippen LogP contribution is -2.51. The lowest BCUT2D eigenvalue weighted by molar-refractivity contribution is -0.141. The van der Waals surface area contributed by atoms with Crippen LogP contribution in [0.5, 0.6) is 11.6 Å². The fourth-order valence-electron chi connectivity index (χ4n) is 3.64. The van der Waals surface area contributed by atoms with Gasteiger partial charge in [0.1, 0.15) is 0 Å². The molecule has 2 atom stereocenters. The van der Waals surface area contributed by atoms with E-state index in [4.69, 9.17) is 9.47 Å². The highest BCUT2D eigenvalue weighted by Gasteiger charge is 2.38. The molecule has 32 heavy (non-hydrogen) atoms. The molecule has 2 aromatic heterocycles. The number of aromatic nitrogens is 2. The molecule has 1 saturated heterocycles. The zero-order chi connectivity index (χ0) is 23.5. The minimum Gasteiger partial charge on any atom is -0.491 e. The fraction of sp³-hybridized carbons (Fsp3) is 0.429. The van der Waals surface area contributed by atoms with E-state index in [-0.39, 0.29) is 17.7 Å². The van der Waals surface area contributed by atoms with Crippen LogP contribution in [0.1, 0.15) is 39.8 Å². The number of hydrogen-bond donors (Lipinski definition) is 1. The molecule has 0 unspecified atom stereocenters. The summed E-state index contributed by atoms with van der Waals surface area (Å²) in [6.07, 6.45) is -1.96. The number of methoxy groups -OCH3 is 2. The number of halogens is 3. The number of piperidine rings is 1. The molecule has 0 aromatic carbocycles. The first-order valence-electron chi connectivity index (χ1n) is 9.86.